The van der Waals surface area contributed by atoms with Gasteiger partial charge in [0.05, 0.1) is 11.0 Å². The van der Waals surface area contributed by atoms with Gasteiger partial charge in [-0.15, -0.1) is 0 Å². The second kappa shape index (κ2) is 12.8. The van der Waals surface area contributed by atoms with Crippen LogP contribution in [0.1, 0.15) is 47.3 Å². The third kappa shape index (κ3) is 5.42. The largest absolute Gasteiger partial charge is 0.504 e. The Balaban J connectivity index is 1.09. The number of carboxylic acid groups (broad SMARTS) is 1. The fourth-order valence-corrected chi connectivity index (χ4v) is 8.00. The minimum atomic E-state index is -2.56. The van der Waals surface area contributed by atoms with Crippen LogP contribution in [-0.2, 0) is 45.2 Å². The molecule has 1 saturated heterocycles. The lowest BCUT2D eigenvalue weighted by molar-refractivity contribution is -0.187. The van der Waals surface area contributed by atoms with Crippen molar-refractivity contribution in [1.82, 2.24) is 4.90 Å². The zero-order chi connectivity index (χ0) is 36.2. The van der Waals surface area contributed by atoms with Gasteiger partial charge in [0, 0.05) is 29.2 Å². The number of benzene rings is 3. The summed E-state index contributed by atoms with van der Waals surface area (Å²) in [4.78, 5) is 53.8. The summed E-state index contributed by atoms with van der Waals surface area (Å²) < 4.78 is 22.3. The number of aliphatic hydroxyl groups is 3. The van der Waals surface area contributed by atoms with Crippen molar-refractivity contribution in [2.45, 2.75) is 66.8 Å². The van der Waals surface area contributed by atoms with Crippen molar-refractivity contribution in [3.8, 4) is 11.5 Å². The van der Waals surface area contributed by atoms with E-state index in [0.29, 0.717) is 24.9 Å². The first-order valence-corrected chi connectivity index (χ1v) is 16.3. The standard InChI is InChI=1S/C37H35NO13/c1-38-17-16-36-25-21-12-13-22(39)30(25)49-31(36)23(14-15-37(36,47)24(38)18-21)48-33(44)26(40)27(41)34(45)51-29(20-10-6-3-7-11-20)35(46)50-28(32(42)43)19-8-4-2-5-9-19/h2-14,24,26-29,31,39-41,47H,15-18H2,1H3,(H,42,43)/t24-,26+,27+,28-,29-,31-,36-,37+/m0/s1. The summed E-state index contributed by atoms with van der Waals surface area (Å²) in [5, 5.41) is 54.3. The van der Waals surface area contributed by atoms with Crippen molar-refractivity contribution < 1.29 is 63.7 Å². The van der Waals surface area contributed by atoms with Crippen LogP contribution < -0.4 is 4.74 Å². The molecule has 266 valence electrons. The van der Waals surface area contributed by atoms with Crippen LogP contribution in [0.4, 0.5) is 0 Å². The van der Waals surface area contributed by atoms with E-state index in [0.717, 1.165) is 5.56 Å². The van der Waals surface area contributed by atoms with Gasteiger partial charge in [-0.3, -0.25) is 0 Å². The van der Waals surface area contributed by atoms with Gasteiger partial charge < -0.3 is 49.4 Å². The smallest absolute Gasteiger partial charge is 0.353 e. The molecule has 0 amide bonds. The number of likely N-dealkylation sites (tertiary alicyclic amines) is 1. The monoisotopic (exact) mass is 701 g/mol. The molecule has 0 saturated carbocycles. The fraction of sp³-hybridized carbons (Fsp3) is 0.351. The van der Waals surface area contributed by atoms with Gasteiger partial charge in [-0.2, -0.15) is 0 Å². The van der Waals surface area contributed by atoms with Crippen LogP contribution in [0.5, 0.6) is 11.5 Å². The van der Waals surface area contributed by atoms with E-state index in [1.807, 2.05) is 7.05 Å². The van der Waals surface area contributed by atoms with E-state index in [1.54, 1.807) is 30.3 Å². The molecule has 3 aromatic carbocycles. The predicted octanol–water partition coefficient (Wildman–Crippen LogP) is 1.59. The lowest BCUT2D eigenvalue weighted by Crippen LogP contribution is -2.74. The average Bonchev–Trinajstić information content (AvgIpc) is 3.49. The molecule has 0 aromatic heterocycles. The maximum absolute atomic E-state index is 13.3. The molecular weight excluding hydrogens is 666 g/mol. The molecular formula is C37H35NO13. The Morgan fingerprint density at radius 2 is 1.47 bits per heavy atom. The van der Waals surface area contributed by atoms with E-state index in [-0.39, 0.29) is 40.8 Å². The number of phenolic OH excluding ortho intramolecular Hbond substituents is 1. The summed E-state index contributed by atoms with van der Waals surface area (Å²) >= 11 is 0. The van der Waals surface area contributed by atoms with Crippen molar-refractivity contribution in [1.29, 1.82) is 0 Å². The number of carboxylic acids is 1. The number of esters is 3. The Morgan fingerprint density at radius 3 is 2.12 bits per heavy atom. The summed E-state index contributed by atoms with van der Waals surface area (Å²) in [6.07, 6.45) is -7.40. The summed E-state index contributed by atoms with van der Waals surface area (Å²) in [7, 11) is 1.92. The van der Waals surface area contributed by atoms with E-state index in [9.17, 15) is 44.7 Å². The number of rotatable bonds is 10. The van der Waals surface area contributed by atoms with Crippen LogP contribution in [0.15, 0.2) is 84.6 Å². The number of hydrogen-bond donors (Lipinski definition) is 5. The number of carbonyl (C=O) groups excluding carboxylic acids is 3. The number of aromatic hydroxyl groups is 1. The summed E-state index contributed by atoms with van der Waals surface area (Å²) in [5.41, 5.74) is -0.746. The SMILES string of the molecule is CN1CC[C@]23c4c5ccc(O)c4O[C@H]2C(OC(=O)[C@H](O)[C@@H](O)C(=O)O[C@H](C(=O)O[C@H](C(=O)O)c2ccccc2)c2ccccc2)=CC[C@@]3(O)[C@@H]1C5. The van der Waals surface area contributed by atoms with Gasteiger partial charge in [0.25, 0.3) is 0 Å². The van der Waals surface area contributed by atoms with Gasteiger partial charge in [0.15, 0.2) is 29.8 Å². The molecule has 2 bridgehead atoms. The molecule has 1 spiro atoms. The van der Waals surface area contributed by atoms with E-state index < -0.39 is 65.4 Å². The molecule has 14 nitrogen and oxygen atoms in total. The number of carbonyl (C=O) groups is 4. The first kappa shape index (κ1) is 34.2. The lowest BCUT2D eigenvalue weighted by Gasteiger charge is -2.61. The first-order valence-electron chi connectivity index (χ1n) is 16.3. The molecule has 3 aromatic rings. The van der Waals surface area contributed by atoms with Gasteiger partial charge in [-0.25, -0.2) is 19.2 Å². The number of nitrogens with zero attached hydrogens (tertiary/aromatic N) is 1. The number of likely N-dealkylation sites (N-methyl/N-ethyl adjacent to an activating group) is 1. The van der Waals surface area contributed by atoms with Crippen molar-refractivity contribution >= 4 is 23.9 Å². The van der Waals surface area contributed by atoms with Crippen LogP contribution in [0.2, 0.25) is 0 Å². The van der Waals surface area contributed by atoms with E-state index in [4.69, 9.17) is 18.9 Å². The highest BCUT2D eigenvalue weighted by molar-refractivity contribution is 5.88. The van der Waals surface area contributed by atoms with E-state index >= 15 is 0 Å². The normalized spacial score (nSPS) is 26.6. The zero-order valence-corrected chi connectivity index (χ0v) is 27.2. The maximum Gasteiger partial charge on any atom is 0.353 e. The Labute approximate surface area is 291 Å². The van der Waals surface area contributed by atoms with Crippen LogP contribution in [-0.4, -0.2) is 97.9 Å². The molecule has 2 aliphatic heterocycles. The third-order valence-corrected chi connectivity index (χ3v) is 10.5. The Bertz CT molecular complexity index is 1920. The highest BCUT2D eigenvalue weighted by atomic mass is 16.6. The fourth-order valence-electron chi connectivity index (χ4n) is 8.00. The highest BCUT2D eigenvalue weighted by Crippen LogP contribution is 2.65. The Morgan fingerprint density at radius 1 is 0.863 bits per heavy atom. The van der Waals surface area contributed by atoms with Crippen molar-refractivity contribution in [3.63, 3.8) is 0 Å². The van der Waals surface area contributed by atoms with Crippen molar-refractivity contribution in [3.05, 3.63) is 107 Å². The molecule has 0 unspecified atom stereocenters. The lowest BCUT2D eigenvalue weighted by atomic mass is 9.50. The third-order valence-electron chi connectivity index (χ3n) is 10.5. The maximum atomic E-state index is 13.3. The van der Waals surface area contributed by atoms with Gasteiger partial charge in [-0.05, 0) is 44.1 Å². The van der Waals surface area contributed by atoms with E-state index in [2.05, 4.69) is 4.90 Å². The number of aliphatic hydroxyl groups excluding tert-OH is 2. The predicted molar refractivity (Wildman–Crippen MR) is 173 cm³/mol. The molecule has 2 heterocycles. The Hall–Kier alpha value is -5.28. The minimum absolute atomic E-state index is 0.0426. The molecule has 8 atom stereocenters. The van der Waals surface area contributed by atoms with Gasteiger partial charge in [0.1, 0.15) is 5.76 Å². The molecule has 4 aliphatic rings. The number of hydrogen-bond acceptors (Lipinski definition) is 13. The molecule has 2 aliphatic carbocycles. The van der Waals surface area contributed by atoms with Crippen molar-refractivity contribution in [2.24, 2.45) is 0 Å². The highest BCUT2D eigenvalue weighted by Gasteiger charge is 2.72. The molecule has 14 heteroatoms. The molecule has 5 N–H and O–H groups in total. The average molecular weight is 702 g/mol. The molecule has 51 heavy (non-hydrogen) atoms. The van der Waals surface area contributed by atoms with E-state index in [1.165, 1.54) is 48.5 Å². The Kier molecular flexibility index (Phi) is 8.58. The molecule has 1 fully saturated rings. The number of ether oxygens (including phenoxy) is 4. The number of phenols is 1. The van der Waals surface area contributed by atoms with Crippen LogP contribution in [0, 0.1) is 0 Å². The second-order valence-electron chi connectivity index (χ2n) is 13.2. The first-order chi connectivity index (χ1) is 24.4. The quantitative estimate of drug-likeness (QED) is 0.150. The second-order valence-corrected chi connectivity index (χ2v) is 13.2. The van der Waals surface area contributed by atoms with Crippen LogP contribution >= 0.6 is 0 Å². The molecule has 0 radical (unpaired) electrons. The topological polar surface area (TPSA) is 210 Å². The number of aliphatic carboxylic acids is 1. The minimum Gasteiger partial charge on any atom is -0.504 e. The van der Waals surface area contributed by atoms with Crippen molar-refractivity contribution in [2.75, 3.05) is 13.6 Å². The summed E-state index contributed by atoms with van der Waals surface area (Å²) in [6.45, 7) is 0.569. The summed E-state index contributed by atoms with van der Waals surface area (Å²) in [5.74, 6) is -5.90. The van der Waals surface area contributed by atoms with Gasteiger partial charge >= 0.3 is 23.9 Å². The number of piperidine rings is 1. The molecule has 7 rings (SSSR count). The zero-order valence-electron chi connectivity index (χ0n) is 27.2. The summed E-state index contributed by atoms with van der Waals surface area (Å²) in [6, 6.07) is 18.0. The van der Waals surface area contributed by atoms with Crippen LogP contribution in [0.25, 0.3) is 0 Å². The van der Waals surface area contributed by atoms with Gasteiger partial charge in [0.2, 0.25) is 12.2 Å². The van der Waals surface area contributed by atoms with Gasteiger partial charge in [-0.1, -0.05) is 66.7 Å². The van der Waals surface area contributed by atoms with Crippen LogP contribution in [0.3, 0.4) is 0 Å².